The molecule has 8 nitrogen and oxygen atoms in total. The lowest BCUT2D eigenvalue weighted by Gasteiger charge is -2.10. The molecule has 4 rings (SSSR count). The van der Waals surface area contributed by atoms with Crippen molar-refractivity contribution in [1.82, 2.24) is 25.2 Å². The lowest BCUT2D eigenvalue weighted by atomic mass is 10.1. The van der Waals surface area contributed by atoms with E-state index in [9.17, 15) is 18.0 Å². The van der Waals surface area contributed by atoms with Gasteiger partial charge in [-0.1, -0.05) is 29.4 Å². The number of thiazole rings is 1. The molecule has 1 N–H and O–H groups in total. The number of tetrazole rings is 1. The summed E-state index contributed by atoms with van der Waals surface area (Å²) in [7, 11) is 1.57. The van der Waals surface area contributed by atoms with Crippen molar-refractivity contribution < 1.29 is 22.7 Å². The molecule has 0 spiro atoms. The highest BCUT2D eigenvalue weighted by atomic mass is 35.5. The standard InChI is InChI=1S/C21H16ClF3N6O2S2/c1-33-14-5-3-13(4-6-14)31-20(28-29-30-31)34-11-18(32)27-19-26-10-15(35-19)8-12-2-7-17(22)16(9-12)21(23,24)25/h2-7,9-10H,8,11H2,1H3,(H,26,27,32). The van der Waals surface area contributed by atoms with Gasteiger partial charge in [0.25, 0.3) is 0 Å². The van der Waals surface area contributed by atoms with Crippen LogP contribution >= 0.6 is 34.7 Å². The average molecular weight is 541 g/mol. The molecule has 0 fully saturated rings. The summed E-state index contributed by atoms with van der Waals surface area (Å²) in [6.07, 6.45) is -2.80. The number of rotatable bonds is 8. The Morgan fingerprint density at radius 3 is 2.71 bits per heavy atom. The summed E-state index contributed by atoms with van der Waals surface area (Å²) < 4.78 is 45.9. The predicted octanol–water partition coefficient (Wildman–Crippen LogP) is 5.12. The second-order valence-electron chi connectivity index (χ2n) is 7.03. The molecule has 2 aromatic heterocycles. The quantitative estimate of drug-likeness (QED) is 0.310. The van der Waals surface area contributed by atoms with Crippen LogP contribution in [0.3, 0.4) is 0 Å². The molecule has 2 heterocycles. The Morgan fingerprint density at radius 2 is 2.00 bits per heavy atom. The molecule has 2 aromatic carbocycles. The van der Waals surface area contributed by atoms with E-state index in [0.29, 0.717) is 32.2 Å². The zero-order valence-corrected chi connectivity index (χ0v) is 20.3. The highest BCUT2D eigenvalue weighted by molar-refractivity contribution is 7.99. The van der Waals surface area contributed by atoms with Gasteiger partial charge in [0.15, 0.2) is 5.13 Å². The molecule has 0 aliphatic carbocycles. The fourth-order valence-electron chi connectivity index (χ4n) is 2.99. The van der Waals surface area contributed by atoms with E-state index in [1.165, 1.54) is 34.3 Å². The molecule has 0 aliphatic rings. The number of nitrogens with one attached hydrogen (secondary N) is 1. The summed E-state index contributed by atoms with van der Waals surface area (Å²) >= 11 is 7.99. The number of aromatic nitrogens is 5. The first-order valence-corrected chi connectivity index (χ1v) is 12.1. The number of thioether (sulfide) groups is 1. The molecule has 0 saturated heterocycles. The van der Waals surface area contributed by atoms with Crippen LogP contribution in [0.4, 0.5) is 18.3 Å². The molecule has 14 heteroatoms. The third-order valence-electron chi connectivity index (χ3n) is 4.60. The second kappa shape index (κ2) is 10.6. The summed E-state index contributed by atoms with van der Waals surface area (Å²) in [5.74, 6) is 0.388. The minimum absolute atomic E-state index is 0.0254. The van der Waals surface area contributed by atoms with Crippen molar-refractivity contribution in [3.8, 4) is 11.4 Å². The Balaban J connectivity index is 1.35. The van der Waals surface area contributed by atoms with Gasteiger partial charge in [0.05, 0.1) is 29.1 Å². The van der Waals surface area contributed by atoms with Gasteiger partial charge in [-0.2, -0.15) is 17.9 Å². The van der Waals surface area contributed by atoms with Crippen LogP contribution < -0.4 is 10.1 Å². The second-order valence-corrected chi connectivity index (χ2v) is 9.49. The highest BCUT2D eigenvalue weighted by Crippen LogP contribution is 2.35. The average Bonchev–Trinajstić information content (AvgIpc) is 3.47. The van der Waals surface area contributed by atoms with Crippen LogP contribution in [0.25, 0.3) is 5.69 Å². The van der Waals surface area contributed by atoms with Crippen molar-refractivity contribution in [2.24, 2.45) is 0 Å². The maximum absolute atomic E-state index is 13.1. The first-order valence-electron chi connectivity index (χ1n) is 9.88. The van der Waals surface area contributed by atoms with Crippen LogP contribution in [0.2, 0.25) is 5.02 Å². The lowest BCUT2D eigenvalue weighted by Crippen LogP contribution is -2.14. The number of amides is 1. The number of anilines is 1. The van der Waals surface area contributed by atoms with E-state index in [-0.39, 0.29) is 23.1 Å². The summed E-state index contributed by atoms with van der Waals surface area (Å²) in [6.45, 7) is 0. The monoisotopic (exact) mass is 540 g/mol. The van der Waals surface area contributed by atoms with Gasteiger partial charge in [-0.3, -0.25) is 4.79 Å². The van der Waals surface area contributed by atoms with E-state index in [4.69, 9.17) is 16.3 Å². The van der Waals surface area contributed by atoms with E-state index < -0.39 is 11.7 Å². The van der Waals surface area contributed by atoms with Crippen molar-refractivity contribution in [2.45, 2.75) is 17.8 Å². The van der Waals surface area contributed by atoms with Gasteiger partial charge < -0.3 is 10.1 Å². The molecule has 0 bridgehead atoms. The molecule has 0 unspecified atom stereocenters. The van der Waals surface area contributed by atoms with E-state index >= 15 is 0 Å². The van der Waals surface area contributed by atoms with Gasteiger partial charge in [-0.15, -0.1) is 16.4 Å². The molecule has 0 saturated carbocycles. The fraction of sp³-hybridized carbons (Fsp3) is 0.190. The number of hydrogen-bond donors (Lipinski definition) is 1. The number of alkyl halides is 3. The third-order valence-corrected chi connectivity index (χ3v) is 6.77. The van der Waals surface area contributed by atoms with Crippen molar-refractivity contribution in [2.75, 3.05) is 18.2 Å². The Bertz CT molecular complexity index is 1330. The summed E-state index contributed by atoms with van der Waals surface area (Å²) in [5.41, 5.74) is 0.257. The Morgan fingerprint density at radius 1 is 1.23 bits per heavy atom. The summed E-state index contributed by atoms with van der Waals surface area (Å²) in [4.78, 5) is 17.2. The molecular weight excluding hydrogens is 525 g/mol. The van der Waals surface area contributed by atoms with Crippen molar-refractivity contribution in [1.29, 1.82) is 0 Å². The maximum atomic E-state index is 13.1. The minimum Gasteiger partial charge on any atom is -0.497 e. The smallest absolute Gasteiger partial charge is 0.417 e. The van der Waals surface area contributed by atoms with Gasteiger partial charge in [0.1, 0.15) is 5.75 Å². The van der Waals surface area contributed by atoms with Crippen LogP contribution in [0.1, 0.15) is 16.0 Å². The number of methoxy groups -OCH3 is 1. The molecule has 35 heavy (non-hydrogen) atoms. The molecule has 0 atom stereocenters. The first-order chi connectivity index (χ1) is 16.7. The highest BCUT2D eigenvalue weighted by Gasteiger charge is 2.33. The third kappa shape index (κ3) is 6.29. The largest absolute Gasteiger partial charge is 0.497 e. The van der Waals surface area contributed by atoms with Crippen LogP contribution in [0.15, 0.2) is 53.8 Å². The molecule has 1 amide bonds. The topological polar surface area (TPSA) is 94.8 Å². The molecule has 4 aromatic rings. The summed E-state index contributed by atoms with van der Waals surface area (Å²) in [6, 6.07) is 10.9. The number of hydrogen-bond acceptors (Lipinski definition) is 8. The SMILES string of the molecule is COc1ccc(-n2nnnc2SCC(=O)Nc2ncc(Cc3ccc(Cl)c(C(F)(F)F)c3)s2)cc1. The molecule has 0 radical (unpaired) electrons. The Hall–Kier alpha value is -3.16. The van der Waals surface area contributed by atoms with E-state index in [0.717, 1.165) is 17.8 Å². The Labute approximate surface area is 210 Å². The fourth-order valence-corrected chi connectivity index (χ4v) is 4.77. The first kappa shape index (κ1) is 24.9. The lowest BCUT2D eigenvalue weighted by molar-refractivity contribution is -0.137. The van der Waals surface area contributed by atoms with Gasteiger partial charge >= 0.3 is 6.18 Å². The predicted molar refractivity (Wildman–Crippen MR) is 126 cm³/mol. The van der Waals surface area contributed by atoms with Crippen molar-refractivity contribution in [3.63, 3.8) is 0 Å². The van der Waals surface area contributed by atoms with Crippen LogP contribution in [0.5, 0.6) is 5.75 Å². The number of halogens is 4. The van der Waals surface area contributed by atoms with Gasteiger partial charge in [0.2, 0.25) is 11.1 Å². The maximum Gasteiger partial charge on any atom is 0.417 e. The van der Waals surface area contributed by atoms with Crippen LogP contribution in [0, 0.1) is 0 Å². The van der Waals surface area contributed by atoms with Gasteiger partial charge in [-0.05, 0) is 52.4 Å². The van der Waals surface area contributed by atoms with E-state index in [1.807, 2.05) is 0 Å². The zero-order valence-electron chi connectivity index (χ0n) is 17.9. The van der Waals surface area contributed by atoms with Crippen molar-refractivity contribution >= 4 is 45.7 Å². The van der Waals surface area contributed by atoms with E-state index in [1.54, 1.807) is 31.4 Å². The normalized spacial score (nSPS) is 11.5. The molecule has 0 aliphatic heterocycles. The summed E-state index contributed by atoms with van der Waals surface area (Å²) in [5, 5.41) is 14.6. The van der Waals surface area contributed by atoms with E-state index in [2.05, 4.69) is 25.8 Å². The number of carbonyl (C=O) groups is 1. The number of nitrogens with zero attached hydrogens (tertiary/aromatic N) is 5. The minimum atomic E-state index is -4.54. The van der Waals surface area contributed by atoms with Crippen LogP contribution in [-0.4, -0.2) is 44.0 Å². The molecule has 182 valence electrons. The van der Waals surface area contributed by atoms with Gasteiger partial charge in [-0.25, -0.2) is 4.98 Å². The van der Waals surface area contributed by atoms with Crippen LogP contribution in [-0.2, 0) is 17.4 Å². The zero-order chi connectivity index (χ0) is 25.0. The van der Waals surface area contributed by atoms with Crippen molar-refractivity contribution in [3.05, 3.63) is 69.7 Å². The van der Waals surface area contributed by atoms with Gasteiger partial charge in [0, 0.05) is 17.5 Å². The number of ether oxygens (including phenoxy) is 1. The number of benzene rings is 2. The number of carbonyl (C=O) groups excluding carboxylic acids is 1. The molecular formula is C21H16ClF3N6O2S2. The Kier molecular flexibility index (Phi) is 7.57.